The van der Waals surface area contributed by atoms with Gasteiger partial charge in [-0.3, -0.25) is 0 Å². The molecule has 0 amide bonds. The lowest BCUT2D eigenvalue weighted by Crippen LogP contribution is -2.09. The summed E-state index contributed by atoms with van der Waals surface area (Å²) < 4.78 is 12.4. The van der Waals surface area contributed by atoms with Gasteiger partial charge in [0.1, 0.15) is 5.75 Å². The number of carbonyl (C=O) groups is 2. The van der Waals surface area contributed by atoms with E-state index < -0.39 is 11.9 Å². The summed E-state index contributed by atoms with van der Waals surface area (Å²) in [6.45, 7) is 0. The predicted molar refractivity (Wildman–Crippen MR) is 130 cm³/mol. The minimum absolute atomic E-state index is 0.0325. The maximum Gasteiger partial charge on any atom is 0.363 e. The number of rotatable bonds is 4. The first-order valence-corrected chi connectivity index (χ1v) is 11.4. The molecule has 0 saturated heterocycles. The Labute approximate surface area is 209 Å². The zero-order valence-corrected chi connectivity index (χ0v) is 20.6. The van der Waals surface area contributed by atoms with Crippen molar-refractivity contribution in [3.8, 4) is 5.75 Å². The number of ether oxygens (including phenoxy) is 2. The van der Waals surface area contributed by atoms with Crippen molar-refractivity contribution < 1.29 is 19.1 Å². The summed E-state index contributed by atoms with van der Waals surface area (Å²) in [5.41, 5.74) is 1.31. The third-order valence-corrected chi connectivity index (χ3v) is 5.90. The van der Waals surface area contributed by atoms with E-state index in [1.165, 1.54) is 12.1 Å². The fourth-order valence-corrected chi connectivity index (χ4v) is 3.94. The molecule has 5 nitrogen and oxygen atoms in total. The molecule has 0 spiro atoms. The van der Waals surface area contributed by atoms with Crippen molar-refractivity contribution in [3.05, 3.63) is 102 Å². The summed E-state index contributed by atoms with van der Waals surface area (Å²) in [5.74, 6) is -0.872. The van der Waals surface area contributed by atoms with Crippen LogP contribution in [0, 0.1) is 0 Å². The van der Waals surface area contributed by atoms with E-state index in [4.69, 9.17) is 32.7 Å². The average Bonchev–Trinajstić information content (AvgIpc) is 3.10. The number of carbonyl (C=O) groups excluding carboxylic acids is 2. The van der Waals surface area contributed by atoms with Gasteiger partial charge in [0.15, 0.2) is 5.70 Å². The Hall–Kier alpha value is -2.45. The van der Waals surface area contributed by atoms with Gasteiger partial charge < -0.3 is 9.47 Å². The van der Waals surface area contributed by atoms with E-state index >= 15 is 0 Å². The van der Waals surface area contributed by atoms with Crippen LogP contribution in [0.5, 0.6) is 5.75 Å². The standard InChI is InChI=1S/C23H11Br2Cl2NO4/c24-14-3-1-12(2-4-14)22(29)31-20-8-5-15(25)9-13(20)10-19-23(30)32-21(28-19)17-7-6-16(26)11-18(17)27/h1-11H/b19-10+. The number of aliphatic imine (C=N–C) groups is 1. The second-order valence-electron chi connectivity index (χ2n) is 6.54. The van der Waals surface area contributed by atoms with E-state index in [1.54, 1.807) is 54.6 Å². The van der Waals surface area contributed by atoms with Gasteiger partial charge in [-0.1, -0.05) is 55.1 Å². The molecular formula is C23H11Br2Cl2NO4. The van der Waals surface area contributed by atoms with Crippen LogP contribution >= 0.6 is 55.1 Å². The largest absolute Gasteiger partial charge is 0.422 e. The highest BCUT2D eigenvalue weighted by Gasteiger charge is 2.26. The fourth-order valence-electron chi connectivity index (χ4n) is 2.80. The Morgan fingerprint density at radius 3 is 2.41 bits per heavy atom. The number of benzene rings is 3. The lowest BCUT2D eigenvalue weighted by atomic mass is 10.1. The van der Waals surface area contributed by atoms with Crippen LogP contribution in [-0.4, -0.2) is 17.8 Å². The third kappa shape index (κ3) is 5.13. The van der Waals surface area contributed by atoms with Crippen LogP contribution in [0.1, 0.15) is 21.5 Å². The Kier molecular flexibility index (Phi) is 6.81. The van der Waals surface area contributed by atoms with Crippen LogP contribution in [0.4, 0.5) is 0 Å². The van der Waals surface area contributed by atoms with E-state index in [0.29, 0.717) is 26.7 Å². The molecule has 0 fully saturated rings. The molecule has 0 N–H and O–H groups in total. The minimum atomic E-state index is -0.656. The second kappa shape index (κ2) is 9.58. The molecule has 0 radical (unpaired) electrons. The highest BCUT2D eigenvalue weighted by molar-refractivity contribution is 9.10. The van der Waals surface area contributed by atoms with E-state index in [2.05, 4.69) is 36.9 Å². The molecule has 9 heteroatoms. The van der Waals surface area contributed by atoms with Crippen LogP contribution in [0.25, 0.3) is 6.08 Å². The summed E-state index contributed by atoms with van der Waals surface area (Å²) in [7, 11) is 0. The predicted octanol–water partition coefficient (Wildman–Crippen LogP) is 7.08. The summed E-state index contributed by atoms with van der Waals surface area (Å²) in [4.78, 5) is 29.2. The van der Waals surface area contributed by atoms with Gasteiger partial charge in [0.2, 0.25) is 5.90 Å². The lowest BCUT2D eigenvalue weighted by Gasteiger charge is -2.08. The molecule has 160 valence electrons. The zero-order valence-electron chi connectivity index (χ0n) is 15.9. The van der Waals surface area contributed by atoms with Gasteiger partial charge in [-0.05, 0) is 66.7 Å². The van der Waals surface area contributed by atoms with E-state index in [0.717, 1.165) is 8.95 Å². The van der Waals surface area contributed by atoms with Crippen LogP contribution in [-0.2, 0) is 9.53 Å². The number of hydrogen-bond acceptors (Lipinski definition) is 5. The summed E-state index contributed by atoms with van der Waals surface area (Å²) in [6.07, 6.45) is 1.48. The van der Waals surface area contributed by atoms with Crippen molar-refractivity contribution in [3.63, 3.8) is 0 Å². The summed E-state index contributed by atoms with van der Waals surface area (Å²) in [6, 6.07) is 16.6. The van der Waals surface area contributed by atoms with E-state index in [9.17, 15) is 9.59 Å². The average molecular weight is 596 g/mol. The number of halogens is 4. The molecule has 4 rings (SSSR count). The van der Waals surface area contributed by atoms with Gasteiger partial charge in [-0.25, -0.2) is 14.6 Å². The molecular weight excluding hydrogens is 585 g/mol. The lowest BCUT2D eigenvalue weighted by molar-refractivity contribution is -0.129. The number of esters is 2. The highest BCUT2D eigenvalue weighted by atomic mass is 79.9. The summed E-state index contributed by atoms with van der Waals surface area (Å²) >= 11 is 18.8. The summed E-state index contributed by atoms with van der Waals surface area (Å²) in [5, 5.41) is 0.752. The molecule has 0 aliphatic carbocycles. The van der Waals surface area contributed by atoms with Crippen LogP contribution in [0.3, 0.4) is 0 Å². The minimum Gasteiger partial charge on any atom is -0.422 e. The first-order chi connectivity index (χ1) is 15.3. The molecule has 0 bridgehead atoms. The van der Waals surface area contributed by atoms with Crippen molar-refractivity contribution in [1.82, 2.24) is 0 Å². The Morgan fingerprint density at radius 1 is 0.969 bits per heavy atom. The van der Waals surface area contributed by atoms with Crippen molar-refractivity contribution in [1.29, 1.82) is 0 Å². The molecule has 0 aromatic heterocycles. The smallest absolute Gasteiger partial charge is 0.363 e. The molecule has 1 aliphatic heterocycles. The quantitative estimate of drug-likeness (QED) is 0.184. The first-order valence-electron chi connectivity index (χ1n) is 9.05. The molecule has 3 aromatic carbocycles. The van der Waals surface area contributed by atoms with Crippen molar-refractivity contribution in [2.45, 2.75) is 0 Å². The molecule has 0 atom stereocenters. The van der Waals surface area contributed by atoms with Gasteiger partial charge >= 0.3 is 11.9 Å². The SMILES string of the molecule is O=C1OC(c2ccc(Cl)cc2Cl)=N/C1=C/c1cc(Br)ccc1OC(=O)c1ccc(Br)cc1. The molecule has 3 aromatic rings. The van der Waals surface area contributed by atoms with Crippen LogP contribution < -0.4 is 4.74 Å². The van der Waals surface area contributed by atoms with E-state index in [1.807, 2.05) is 0 Å². The van der Waals surface area contributed by atoms with Gasteiger partial charge in [0.05, 0.1) is 16.1 Å². The Balaban J connectivity index is 1.66. The van der Waals surface area contributed by atoms with Gasteiger partial charge in [0.25, 0.3) is 0 Å². The van der Waals surface area contributed by atoms with Crippen molar-refractivity contribution >= 4 is 79.0 Å². The Morgan fingerprint density at radius 2 is 1.69 bits per heavy atom. The third-order valence-electron chi connectivity index (χ3n) is 4.33. The fraction of sp³-hybridized carbons (Fsp3) is 0. The molecule has 0 unspecified atom stereocenters. The van der Waals surface area contributed by atoms with Crippen molar-refractivity contribution in [2.24, 2.45) is 4.99 Å². The topological polar surface area (TPSA) is 65.0 Å². The van der Waals surface area contributed by atoms with Crippen molar-refractivity contribution in [2.75, 3.05) is 0 Å². The van der Waals surface area contributed by atoms with Crippen LogP contribution in [0.2, 0.25) is 10.0 Å². The maximum absolute atomic E-state index is 12.6. The first kappa shape index (κ1) is 22.7. The monoisotopic (exact) mass is 593 g/mol. The van der Waals surface area contributed by atoms with Crippen LogP contribution in [0.15, 0.2) is 80.3 Å². The Bertz CT molecular complexity index is 1300. The van der Waals surface area contributed by atoms with Gasteiger partial charge in [0, 0.05) is 19.5 Å². The number of hydrogen-bond donors (Lipinski definition) is 0. The highest BCUT2D eigenvalue weighted by Crippen LogP contribution is 2.30. The number of cyclic esters (lactones) is 1. The molecule has 0 saturated carbocycles. The molecule has 32 heavy (non-hydrogen) atoms. The normalized spacial score (nSPS) is 14.3. The molecule has 1 aliphatic rings. The number of nitrogens with zero attached hydrogens (tertiary/aromatic N) is 1. The maximum atomic E-state index is 12.6. The van der Waals surface area contributed by atoms with E-state index in [-0.39, 0.29) is 17.3 Å². The molecule has 1 heterocycles. The zero-order chi connectivity index (χ0) is 22.8. The second-order valence-corrected chi connectivity index (χ2v) is 9.21. The van der Waals surface area contributed by atoms with Gasteiger partial charge in [-0.2, -0.15) is 0 Å². The van der Waals surface area contributed by atoms with Gasteiger partial charge in [-0.15, -0.1) is 0 Å².